The van der Waals surface area contributed by atoms with E-state index in [0.717, 1.165) is 30.0 Å². The van der Waals surface area contributed by atoms with Gasteiger partial charge in [-0.1, -0.05) is 41.4 Å². The predicted molar refractivity (Wildman–Crippen MR) is 107 cm³/mol. The van der Waals surface area contributed by atoms with E-state index in [2.05, 4.69) is 10.2 Å². The minimum absolute atomic E-state index is 0.00364. The van der Waals surface area contributed by atoms with Crippen LogP contribution in [0.25, 0.3) is 0 Å². The van der Waals surface area contributed by atoms with Crippen LogP contribution < -0.4 is 9.47 Å². The molecule has 4 rings (SSSR count). The Balaban J connectivity index is 1.66. The van der Waals surface area contributed by atoms with E-state index in [9.17, 15) is 9.18 Å². The van der Waals surface area contributed by atoms with E-state index < -0.39 is 11.8 Å². The summed E-state index contributed by atoms with van der Waals surface area (Å²) in [6.07, 6.45) is 2.17. The molecule has 1 heterocycles. The molecule has 0 aliphatic heterocycles. The average molecular weight is 433 g/mol. The maximum absolute atomic E-state index is 14.1. The van der Waals surface area contributed by atoms with Gasteiger partial charge in [-0.3, -0.25) is 0 Å². The zero-order valence-corrected chi connectivity index (χ0v) is 16.8. The third kappa shape index (κ3) is 4.33. The van der Waals surface area contributed by atoms with Crippen molar-refractivity contribution in [2.24, 2.45) is 0 Å². The fraction of sp³-hybridized carbons (Fsp3) is 0.190. The Morgan fingerprint density at radius 2 is 1.93 bits per heavy atom. The van der Waals surface area contributed by atoms with Crippen molar-refractivity contribution in [1.82, 2.24) is 10.2 Å². The van der Waals surface area contributed by atoms with Gasteiger partial charge in [0.1, 0.15) is 11.6 Å². The van der Waals surface area contributed by atoms with Gasteiger partial charge in [0.05, 0.1) is 5.56 Å². The molecular formula is C21H15Cl2FN2O3. The van der Waals surface area contributed by atoms with Crippen LogP contribution in [0.2, 0.25) is 10.2 Å². The lowest BCUT2D eigenvalue weighted by atomic mass is 10.1. The molecule has 0 bridgehead atoms. The van der Waals surface area contributed by atoms with Crippen LogP contribution in [0.4, 0.5) is 4.39 Å². The Morgan fingerprint density at radius 1 is 1.14 bits per heavy atom. The molecule has 0 radical (unpaired) electrons. The molecule has 1 aliphatic carbocycles. The first-order valence-corrected chi connectivity index (χ1v) is 9.66. The number of rotatable bonds is 5. The van der Waals surface area contributed by atoms with Gasteiger partial charge in [0.25, 0.3) is 5.88 Å². The Bertz CT molecular complexity index is 1100. The lowest BCUT2D eigenvalue weighted by Gasteiger charge is -2.15. The van der Waals surface area contributed by atoms with Crippen molar-refractivity contribution in [3.63, 3.8) is 0 Å². The molecule has 0 spiro atoms. The number of ether oxygens (including phenoxy) is 2. The first kappa shape index (κ1) is 19.6. The summed E-state index contributed by atoms with van der Waals surface area (Å²) in [4.78, 5) is 12.5. The maximum atomic E-state index is 14.1. The summed E-state index contributed by atoms with van der Waals surface area (Å²) in [6.45, 7) is 1.92. The van der Waals surface area contributed by atoms with E-state index in [0.29, 0.717) is 11.7 Å². The molecule has 1 aromatic heterocycles. The van der Waals surface area contributed by atoms with Gasteiger partial charge < -0.3 is 9.47 Å². The molecule has 1 aliphatic rings. The first-order chi connectivity index (χ1) is 13.9. The second-order valence-corrected chi connectivity index (χ2v) is 7.54. The summed E-state index contributed by atoms with van der Waals surface area (Å²) >= 11 is 11.6. The number of aromatic nitrogens is 2. The fourth-order valence-corrected chi connectivity index (χ4v) is 3.22. The second kappa shape index (κ2) is 7.97. The molecule has 8 heteroatoms. The van der Waals surface area contributed by atoms with Crippen LogP contribution in [0.1, 0.15) is 40.2 Å². The third-order valence-electron chi connectivity index (χ3n) is 4.51. The number of halogens is 3. The highest BCUT2D eigenvalue weighted by molar-refractivity contribution is 6.30. The van der Waals surface area contributed by atoms with Crippen molar-refractivity contribution in [3.8, 4) is 17.4 Å². The summed E-state index contributed by atoms with van der Waals surface area (Å²) in [5.41, 5.74) is 1.69. The highest BCUT2D eigenvalue weighted by atomic mass is 35.5. The minimum atomic E-state index is -0.930. The summed E-state index contributed by atoms with van der Waals surface area (Å²) in [6, 6.07) is 10.8. The zero-order chi connectivity index (χ0) is 20.5. The summed E-state index contributed by atoms with van der Waals surface area (Å²) < 4.78 is 25.4. The van der Waals surface area contributed by atoms with Gasteiger partial charge in [-0.15, -0.1) is 10.2 Å². The Hall–Kier alpha value is -2.70. The molecule has 1 saturated carbocycles. The van der Waals surface area contributed by atoms with Crippen LogP contribution in [0.5, 0.6) is 17.4 Å². The van der Waals surface area contributed by atoms with Crippen LogP contribution in [-0.4, -0.2) is 16.2 Å². The van der Waals surface area contributed by atoms with E-state index in [-0.39, 0.29) is 27.4 Å². The van der Waals surface area contributed by atoms with Gasteiger partial charge in [-0.25, -0.2) is 9.18 Å². The maximum Gasteiger partial charge on any atom is 0.346 e. The molecule has 0 saturated heterocycles. The van der Waals surface area contributed by atoms with E-state index in [4.69, 9.17) is 32.7 Å². The highest BCUT2D eigenvalue weighted by Crippen LogP contribution is 2.46. The number of benzene rings is 2. The zero-order valence-electron chi connectivity index (χ0n) is 15.3. The number of para-hydroxylation sites is 1. The van der Waals surface area contributed by atoms with Gasteiger partial charge >= 0.3 is 5.97 Å². The second-order valence-electron chi connectivity index (χ2n) is 6.72. The van der Waals surface area contributed by atoms with E-state index in [1.807, 2.05) is 25.1 Å². The van der Waals surface area contributed by atoms with Gasteiger partial charge in [0.15, 0.2) is 10.9 Å². The van der Waals surface area contributed by atoms with Crippen LogP contribution >= 0.6 is 23.2 Å². The number of hydrogen-bond donors (Lipinski definition) is 0. The van der Waals surface area contributed by atoms with E-state index in [1.54, 1.807) is 0 Å². The summed E-state index contributed by atoms with van der Waals surface area (Å²) in [5, 5.41) is 7.87. The molecule has 0 unspecified atom stereocenters. The molecule has 148 valence electrons. The summed E-state index contributed by atoms with van der Waals surface area (Å²) in [7, 11) is 0. The molecular weight excluding hydrogens is 418 g/mol. The number of carbonyl (C=O) groups is 1. The smallest absolute Gasteiger partial charge is 0.346 e. The number of esters is 1. The van der Waals surface area contributed by atoms with Crippen LogP contribution in [-0.2, 0) is 0 Å². The molecule has 29 heavy (non-hydrogen) atoms. The lowest BCUT2D eigenvalue weighted by molar-refractivity contribution is 0.0724. The topological polar surface area (TPSA) is 61.3 Å². The van der Waals surface area contributed by atoms with Gasteiger partial charge in [0, 0.05) is 11.1 Å². The first-order valence-electron chi connectivity index (χ1n) is 8.90. The highest BCUT2D eigenvalue weighted by Gasteiger charge is 2.28. The van der Waals surface area contributed by atoms with Crippen LogP contribution in [0.3, 0.4) is 0 Å². The monoisotopic (exact) mass is 432 g/mol. The standard InChI is InChI=1S/C21H15Cl2FN2O3/c1-11-3-2-4-14(12-5-6-12)19(11)29-20-17(10-18(23)25-26-20)28-21(27)15-8-7-13(22)9-16(15)24/h2-4,7-10,12H,5-6H2,1H3. The van der Waals surface area contributed by atoms with Gasteiger partial charge in [-0.05, 0) is 55.0 Å². The Morgan fingerprint density at radius 3 is 2.66 bits per heavy atom. The van der Waals surface area contributed by atoms with Gasteiger partial charge in [0.2, 0.25) is 0 Å². The molecule has 5 nitrogen and oxygen atoms in total. The quantitative estimate of drug-likeness (QED) is 0.454. The van der Waals surface area contributed by atoms with Crippen molar-refractivity contribution in [2.45, 2.75) is 25.7 Å². The Labute approximate surface area is 176 Å². The van der Waals surface area contributed by atoms with Crippen molar-refractivity contribution < 1.29 is 18.7 Å². The molecule has 2 aromatic carbocycles. The van der Waals surface area contributed by atoms with Crippen LogP contribution in [0, 0.1) is 12.7 Å². The summed E-state index contributed by atoms with van der Waals surface area (Å²) in [5.74, 6) is -0.753. The number of carbonyl (C=O) groups excluding carboxylic acids is 1. The SMILES string of the molecule is Cc1cccc(C2CC2)c1Oc1nnc(Cl)cc1OC(=O)c1ccc(Cl)cc1F. The predicted octanol–water partition coefficient (Wildman–Crippen LogP) is 6.12. The van der Waals surface area contributed by atoms with E-state index >= 15 is 0 Å². The van der Waals surface area contributed by atoms with Crippen molar-refractivity contribution in [1.29, 1.82) is 0 Å². The minimum Gasteiger partial charge on any atom is -0.434 e. The van der Waals surface area contributed by atoms with Crippen LogP contribution in [0.15, 0.2) is 42.5 Å². The molecule has 1 fully saturated rings. The molecule has 0 N–H and O–H groups in total. The Kier molecular flexibility index (Phi) is 5.39. The fourth-order valence-electron chi connectivity index (χ4n) is 2.92. The molecule has 0 amide bonds. The van der Waals surface area contributed by atoms with Gasteiger partial charge in [-0.2, -0.15) is 0 Å². The largest absolute Gasteiger partial charge is 0.434 e. The van der Waals surface area contributed by atoms with Crippen molar-refractivity contribution >= 4 is 29.2 Å². The number of hydrogen-bond acceptors (Lipinski definition) is 5. The van der Waals surface area contributed by atoms with Crippen molar-refractivity contribution in [2.75, 3.05) is 0 Å². The number of nitrogens with zero attached hydrogens (tertiary/aromatic N) is 2. The third-order valence-corrected chi connectivity index (χ3v) is 4.93. The average Bonchev–Trinajstić information content (AvgIpc) is 3.50. The van der Waals surface area contributed by atoms with E-state index in [1.165, 1.54) is 18.2 Å². The number of aryl methyl sites for hydroxylation is 1. The normalized spacial score (nSPS) is 13.2. The van der Waals surface area contributed by atoms with Crippen molar-refractivity contribution in [3.05, 3.63) is 75.1 Å². The molecule has 0 atom stereocenters. The lowest BCUT2D eigenvalue weighted by Crippen LogP contribution is -2.12. The molecule has 3 aromatic rings.